The summed E-state index contributed by atoms with van der Waals surface area (Å²) in [5, 5.41) is 13.4. The number of rotatable bonds is 5. The second kappa shape index (κ2) is 9.24. The van der Waals surface area contributed by atoms with Crippen LogP contribution in [0.3, 0.4) is 0 Å². The molecule has 0 spiro atoms. The van der Waals surface area contributed by atoms with Gasteiger partial charge in [-0.05, 0) is 55.8 Å². The van der Waals surface area contributed by atoms with E-state index < -0.39 is 23.2 Å². The van der Waals surface area contributed by atoms with Crippen LogP contribution in [-0.4, -0.2) is 70.1 Å². The van der Waals surface area contributed by atoms with Gasteiger partial charge in [0.25, 0.3) is 5.56 Å². The van der Waals surface area contributed by atoms with Crippen LogP contribution in [0, 0.1) is 17.6 Å². The molecule has 1 saturated carbocycles. The second-order valence-electron chi connectivity index (χ2n) is 12.2. The van der Waals surface area contributed by atoms with Crippen LogP contribution in [0.15, 0.2) is 41.5 Å². The number of halogens is 2. The molecule has 220 valence electrons. The summed E-state index contributed by atoms with van der Waals surface area (Å²) in [7, 11) is 3.75. The fourth-order valence-electron chi connectivity index (χ4n) is 7.46. The Labute approximate surface area is 244 Å². The molecule has 4 aromatic heterocycles. The number of nitrogens with one attached hydrogen (secondary N) is 2. The van der Waals surface area contributed by atoms with Gasteiger partial charge in [0.05, 0.1) is 33.2 Å². The quantitative estimate of drug-likeness (QED) is 0.266. The zero-order valence-corrected chi connectivity index (χ0v) is 23.7. The molecule has 3 aliphatic rings. The Kier molecular flexibility index (Phi) is 5.62. The first kappa shape index (κ1) is 26.1. The maximum Gasteiger partial charge on any atom is 0.341 e. The van der Waals surface area contributed by atoms with E-state index in [2.05, 4.69) is 32.1 Å². The van der Waals surface area contributed by atoms with Gasteiger partial charge in [0, 0.05) is 62.3 Å². The molecular formula is C32H30F2N6O3. The van der Waals surface area contributed by atoms with Crippen LogP contribution >= 0.6 is 0 Å². The molecule has 1 unspecified atom stereocenters. The summed E-state index contributed by atoms with van der Waals surface area (Å²) in [5.41, 5.74) is 3.97. The average Bonchev–Trinajstić information content (AvgIpc) is 3.50. The molecular weight excluding hydrogens is 554 g/mol. The Balaban J connectivity index is 1.45. The number of hydrogen-bond donors (Lipinski definition) is 3. The highest BCUT2D eigenvalue weighted by atomic mass is 19.2. The number of carbonyl (C=O) groups is 1. The van der Waals surface area contributed by atoms with Crippen LogP contribution in [0.4, 0.5) is 20.2 Å². The summed E-state index contributed by atoms with van der Waals surface area (Å²) in [5.74, 6) is -2.52. The minimum atomic E-state index is -1.26. The number of H-pyrrole nitrogens is 1. The summed E-state index contributed by atoms with van der Waals surface area (Å²) in [6.07, 6.45) is 6.23. The van der Waals surface area contributed by atoms with Gasteiger partial charge >= 0.3 is 5.97 Å². The third-order valence-corrected chi connectivity index (χ3v) is 9.60. The monoisotopic (exact) mass is 584 g/mol. The van der Waals surface area contributed by atoms with Gasteiger partial charge in [0.15, 0.2) is 11.6 Å². The molecule has 11 heteroatoms. The number of aromatic amines is 1. The van der Waals surface area contributed by atoms with Gasteiger partial charge in [-0.2, -0.15) is 0 Å². The van der Waals surface area contributed by atoms with Crippen molar-refractivity contribution in [3.05, 3.63) is 69.8 Å². The van der Waals surface area contributed by atoms with E-state index in [1.54, 1.807) is 19.4 Å². The van der Waals surface area contributed by atoms with Crippen LogP contribution in [0.5, 0.6) is 0 Å². The van der Waals surface area contributed by atoms with Crippen molar-refractivity contribution < 1.29 is 18.7 Å². The molecule has 2 atom stereocenters. The summed E-state index contributed by atoms with van der Waals surface area (Å²) < 4.78 is 32.1. The number of likely N-dealkylation sites (tertiary alicyclic amines) is 1. The number of aromatic nitrogens is 3. The van der Waals surface area contributed by atoms with E-state index in [-0.39, 0.29) is 22.9 Å². The van der Waals surface area contributed by atoms with Crippen molar-refractivity contribution in [1.82, 2.24) is 19.3 Å². The molecule has 3 N–H and O–H groups in total. The topological polar surface area (TPSA) is 106 Å². The first-order valence-corrected chi connectivity index (χ1v) is 14.6. The number of anilines is 2. The average molecular weight is 585 g/mol. The lowest BCUT2D eigenvalue weighted by Crippen LogP contribution is -2.35. The van der Waals surface area contributed by atoms with E-state index in [1.165, 1.54) is 10.5 Å². The van der Waals surface area contributed by atoms with Crippen molar-refractivity contribution in [2.45, 2.75) is 31.2 Å². The highest BCUT2D eigenvalue weighted by Gasteiger charge is 2.42. The van der Waals surface area contributed by atoms with E-state index in [4.69, 9.17) is 0 Å². The molecule has 43 heavy (non-hydrogen) atoms. The van der Waals surface area contributed by atoms with Gasteiger partial charge in [0.2, 0.25) is 0 Å². The number of pyridine rings is 3. The molecule has 5 aromatic rings. The van der Waals surface area contributed by atoms with E-state index in [0.717, 1.165) is 56.2 Å². The molecule has 0 bridgehead atoms. The highest BCUT2D eigenvalue weighted by molar-refractivity contribution is 6.18. The van der Waals surface area contributed by atoms with Crippen LogP contribution in [0.2, 0.25) is 0 Å². The lowest BCUT2D eigenvalue weighted by molar-refractivity contribution is 0.0694. The van der Waals surface area contributed by atoms with E-state index >= 15 is 4.39 Å². The summed E-state index contributed by atoms with van der Waals surface area (Å²) in [6.45, 7) is 2.53. The Morgan fingerprint density at radius 3 is 2.70 bits per heavy atom. The molecule has 2 aliphatic heterocycles. The predicted octanol–water partition coefficient (Wildman–Crippen LogP) is 5.03. The van der Waals surface area contributed by atoms with Crippen LogP contribution < -0.4 is 15.8 Å². The largest absolute Gasteiger partial charge is 0.477 e. The third-order valence-electron chi connectivity index (χ3n) is 9.60. The zero-order valence-electron chi connectivity index (χ0n) is 23.7. The molecule has 8 rings (SSSR count). The van der Waals surface area contributed by atoms with Gasteiger partial charge in [0.1, 0.15) is 11.2 Å². The summed E-state index contributed by atoms with van der Waals surface area (Å²) in [6, 6.07) is 6.59. The fourth-order valence-corrected chi connectivity index (χ4v) is 7.46. The smallest absolute Gasteiger partial charge is 0.341 e. The van der Waals surface area contributed by atoms with Crippen molar-refractivity contribution in [3.8, 4) is 11.1 Å². The molecule has 2 saturated heterocycles. The standard InChI is InChI=1S/C32H30F2N6O3/c1-35-22-10-21(33)27(34)25-26-29(39-8-7-17-12-38(2)14-24(17)39)20(11-36-30(26)37-28(22)25)16-5-6-23-18(15-3-4-15)9-19(32(42)43)31(41)40(23)13-16/h5-6,9-11,13,15,17,24,35H,3-4,7-8,12,14H2,1-2H3,(H,36,37)(H,42,43)/t17?,24-/m1/s1. The van der Waals surface area contributed by atoms with Crippen LogP contribution in [-0.2, 0) is 0 Å². The molecule has 1 aliphatic carbocycles. The lowest BCUT2D eigenvalue weighted by Gasteiger charge is -2.29. The Morgan fingerprint density at radius 1 is 1.14 bits per heavy atom. The van der Waals surface area contributed by atoms with E-state index in [1.807, 2.05) is 12.1 Å². The first-order chi connectivity index (χ1) is 20.7. The molecule has 9 nitrogen and oxygen atoms in total. The summed E-state index contributed by atoms with van der Waals surface area (Å²) in [4.78, 5) is 37.9. The number of carboxylic acid groups (broad SMARTS) is 1. The van der Waals surface area contributed by atoms with Crippen molar-refractivity contribution >= 4 is 44.8 Å². The SMILES string of the molecule is CNc1cc(F)c(F)c2c1[nH]c1ncc(-c3ccc4c(C5CC5)cc(C(=O)O)c(=O)n4c3)c(N3CCC4CN(C)C[C@H]43)c12. The minimum absolute atomic E-state index is 0.126. The molecule has 6 heterocycles. The molecule has 0 amide bonds. The normalized spacial score (nSPS) is 20.5. The van der Waals surface area contributed by atoms with Crippen molar-refractivity contribution in [1.29, 1.82) is 0 Å². The van der Waals surface area contributed by atoms with Gasteiger partial charge in [-0.3, -0.25) is 9.20 Å². The van der Waals surface area contributed by atoms with Crippen molar-refractivity contribution in [2.75, 3.05) is 43.9 Å². The second-order valence-corrected chi connectivity index (χ2v) is 12.2. The van der Waals surface area contributed by atoms with Crippen molar-refractivity contribution in [3.63, 3.8) is 0 Å². The molecule has 1 aromatic carbocycles. The van der Waals surface area contributed by atoms with Gasteiger partial charge in [-0.25, -0.2) is 18.6 Å². The van der Waals surface area contributed by atoms with Crippen molar-refractivity contribution in [2.24, 2.45) is 5.92 Å². The molecule has 0 radical (unpaired) electrons. The highest BCUT2D eigenvalue weighted by Crippen LogP contribution is 2.47. The Morgan fingerprint density at radius 2 is 1.95 bits per heavy atom. The fraction of sp³-hybridized carbons (Fsp3) is 0.344. The maximum atomic E-state index is 15.7. The van der Waals surface area contributed by atoms with Crippen LogP contribution in [0.1, 0.15) is 41.1 Å². The number of hydrogen-bond acceptors (Lipinski definition) is 6. The third kappa shape index (κ3) is 3.80. The minimum Gasteiger partial charge on any atom is -0.477 e. The van der Waals surface area contributed by atoms with E-state index in [9.17, 15) is 19.1 Å². The number of fused-ring (bicyclic) bond motifs is 5. The zero-order chi connectivity index (χ0) is 29.7. The number of benzene rings is 1. The maximum absolute atomic E-state index is 15.7. The van der Waals surface area contributed by atoms with Gasteiger partial charge in [-0.1, -0.05) is 6.07 Å². The number of carboxylic acids is 1. The Bertz CT molecular complexity index is 2070. The lowest BCUT2D eigenvalue weighted by atomic mass is 9.99. The van der Waals surface area contributed by atoms with E-state index in [0.29, 0.717) is 44.8 Å². The Hall–Kier alpha value is -4.51. The van der Waals surface area contributed by atoms with Gasteiger partial charge in [-0.15, -0.1) is 0 Å². The molecule has 3 fully saturated rings. The first-order valence-electron chi connectivity index (χ1n) is 14.6. The number of aromatic carboxylic acids is 1. The number of likely N-dealkylation sites (N-methyl/N-ethyl adjacent to an activating group) is 1. The van der Waals surface area contributed by atoms with Gasteiger partial charge < -0.3 is 25.2 Å². The predicted molar refractivity (Wildman–Crippen MR) is 161 cm³/mol. The summed E-state index contributed by atoms with van der Waals surface area (Å²) >= 11 is 0. The number of nitrogens with zero attached hydrogens (tertiary/aromatic N) is 4. The van der Waals surface area contributed by atoms with Crippen LogP contribution in [0.25, 0.3) is 38.6 Å².